The minimum absolute atomic E-state index is 0.182. The van der Waals surface area contributed by atoms with Crippen molar-refractivity contribution in [2.45, 2.75) is 31.5 Å². The van der Waals surface area contributed by atoms with E-state index in [1.807, 2.05) is 4.90 Å². The molecule has 3 aliphatic rings. The Kier molecular flexibility index (Phi) is 3.78. The lowest BCUT2D eigenvalue weighted by Gasteiger charge is -2.38. The number of hydrogen-bond donors (Lipinski definition) is 0. The van der Waals surface area contributed by atoms with E-state index in [9.17, 15) is 4.79 Å². The van der Waals surface area contributed by atoms with Gasteiger partial charge in [-0.2, -0.15) is 0 Å². The van der Waals surface area contributed by atoms with Gasteiger partial charge >= 0.3 is 0 Å². The molecule has 1 aliphatic carbocycles. The largest absolute Gasteiger partial charge is 0.348 e. The van der Waals surface area contributed by atoms with Crippen molar-refractivity contribution in [2.24, 2.45) is 5.92 Å². The highest BCUT2D eigenvalue weighted by molar-refractivity contribution is 5.79. The molecular formula is C14H24N2O3. The van der Waals surface area contributed by atoms with Crippen molar-refractivity contribution in [3.63, 3.8) is 0 Å². The van der Waals surface area contributed by atoms with Gasteiger partial charge in [0.2, 0.25) is 5.91 Å². The summed E-state index contributed by atoms with van der Waals surface area (Å²) < 4.78 is 11.4. The molecule has 0 aromatic carbocycles. The van der Waals surface area contributed by atoms with E-state index in [1.54, 1.807) is 0 Å². The zero-order chi connectivity index (χ0) is 13.3. The third kappa shape index (κ3) is 2.78. The molecule has 3 fully saturated rings. The lowest BCUT2D eigenvalue weighted by atomic mass is 9.84. The van der Waals surface area contributed by atoms with Gasteiger partial charge in [0.1, 0.15) is 0 Å². The van der Waals surface area contributed by atoms with Gasteiger partial charge in [0.25, 0.3) is 0 Å². The van der Waals surface area contributed by atoms with Crippen LogP contribution >= 0.6 is 0 Å². The summed E-state index contributed by atoms with van der Waals surface area (Å²) in [6, 6.07) is 0. The number of carbonyl (C=O) groups excluding carboxylic acids is 1. The van der Waals surface area contributed by atoms with Crippen LogP contribution in [0.3, 0.4) is 0 Å². The topological polar surface area (TPSA) is 42.0 Å². The lowest BCUT2D eigenvalue weighted by molar-refractivity contribution is -0.185. The maximum absolute atomic E-state index is 12.5. The summed E-state index contributed by atoms with van der Waals surface area (Å²) in [6.45, 7) is 5.16. The molecule has 0 aromatic rings. The fourth-order valence-corrected chi connectivity index (χ4v) is 3.38. The Bertz CT molecular complexity index is 324. The van der Waals surface area contributed by atoms with E-state index in [2.05, 4.69) is 11.9 Å². The molecule has 2 saturated heterocycles. The molecule has 0 atom stereocenters. The maximum atomic E-state index is 12.5. The molecule has 5 nitrogen and oxygen atoms in total. The van der Waals surface area contributed by atoms with Gasteiger partial charge in [0.05, 0.1) is 13.2 Å². The number of hydrogen-bond acceptors (Lipinski definition) is 4. The average molecular weight is 268 g/mol. The normalized spacial score (nSPS) is 29.0. The molecule has 19 heavy (non-hydrogen) atoms. The summed E-state index contributed by atoms with van der Waals surface area (Å²) in [5.74, 6) is 0.182. The lowest BCUT2D eigenvalue weighted by Crippen LogP contribution is -2.50. The van der Waals surface area contributed by atoms with Crippen molar-refractivity contribution in [2.75, 3.05) is 46.4 Å². The summed E-state index contributed by atoms with van der Waals surface area (Å²) in [4.78, 5) is 16.8. The molecule has 3 rings (SSSR count). The quantitative estimate of drug-likeness (QED) is 0.702. The molecule has 108 valence electrons. The Morgan fingerprint density at radius 3 is 2.21 bits per heavy atom. The van der Waals surface area contributed by atoms with E-state index in [1.165, 1.54) is 0 Å². The number of likely N-dealkylation sites (N-methyl/N-ethyl adjacent to an activating group) is 1. The van der Waals surface area contributed by atoms with Crippen LogP contribution in [0.4, 0.5) is 0 Å². The Balaban J connectivity index is 1.52. The van der Waals surface area contributed by atoms with E-state index in [-0.39, 0.29) is 11.7 Å². The highest BCUT2D eigenvalue weighted by Gasteiger charge is 2.42. The number of nitrogens with zero attached hydrogens (tertiary/aromatic N) is 2. The van der Waals surface area contributed by atoms with Crippen LogP contribution in [0.25, 0.3) is 0 Å². The number of ether oxygens (including phenoxy) is 2. The molecule has 0 aromatic heterocycles. The van der Waals surface area contributed by atoms with Crippen LogP contribution < -0.4 is 0 Å². The number of piperazine rings is 1. The van der Waals surface area contributed by atoms with Crippen molar-refractivity contribution in [1.29, 1.82) is 0 Å². The molecule has 1 amide bonds. The summed E-state index contributed by atoms with van der Waals surface area (Å²) in [7, 11) is 2.11. The number of amides is 1. The van der Waals surface area contributed by atoms with Crippen molar-refractivity contribution in [3.05, 3.63) is 0 Å². The van der Waals surface area contributed by atoms with Gasteiger partial charge in [-0.3, -0.25) is 4.79 Å². The fraction of sp³-hybridized carbons (Fsp3) is 0.929. The Hall–Kier alpha value is -0.650. The van der Waals surface area contributed by atoms with E-state index >= 15 is 0 Å². The zero-order valence-corrected chi connectivity index (χ0v) is 11.8. The third-order valence-electron chi connectivity index (χ3n) is 4.73. The van der Waals surface area contributed by atoms with Gasteiger partial charge in [0.15, 0.2) is 5.79 Å². The molecular weight excluding hydrogens is 244 g/mol. The second kappa shape index (κ2) is 5.38. The summed E-state index contributed by atoms with van der Waals surface area (Å²) in [6.07, 6.45) is 3.56. The Morgan fingerprint density at radius 1 is 1.05 bits per heavy atom. The van der Waals surface area contributed by atoms with Crippen LogP contribution in [-0.2, 0) is 14.3 Å². The van der Waals surface area contributed by atoms with Crippen LogP contribution in [0.1, 0.15) is 25.7 Å². The fourth-order valence-electron chi connectivity index (χ4n) is 3.38. The zero-order valence-electron chi connectivity index (χ0n) is 11.8. The molecule has 0 bridgehead atoms. The van der Waals surface area contributed by atoms with Crippen molar-refractivity contribution in [1.82, 2.24) is 9.80 Å². The van der Waals surface area contributed by atoms with E-state index in [4.69, 9.17) is 9.47 Å². The molecule has 0 N–H and O–H groups in total. The average Bonchev–Trinajstić information content (AvgIpc) is 2.88. The highest BCUT2D eigenvalue weighted by atomic mass is 16.7. The SMILES string of the molecule is CN1CCN(C(=O)C2CCC3(CC2)OCCO3)CC1. The highest BCUT2D eigenvalue weighted by Crippen LogP contribution is 2.38. The van der Waals surface area contributed by atoms with Crippen LogP contribution in [0.5, 0.6) is 0 Å². The third-order valence-corrected chi connectivity index (χ3v) is 4.73. The van der Waals surface area contributed by atoms with Gasteiger partial charge < -0.3 is 19.3 Å². The number of carbonyl (C=O) groups is 1. The van der Waals surface area contributed by atoms with Crippen LogP contribution in [0, 0.1) is 5.92 Å². The molecule has 0 radical (unpaired) electrons. The molecule has 5 heteroatoms. The predicted molar refractivity (Wildman–Crippen MR) is 70.7 cm³/mol. The second-order valence-electron chi connectivity index (χ2n) is 6.01. The van der Waals surface area contributed by atoms with E-state index in [0.29, 0.717) is 19.1 Å². The van der Waals surface area contributed by atoms with Gasteiger partial charge in [-0.1, -0.05) is 0 Å². The summed E-state index contributed by atoms with van der Waals surface area (Å²) >= 11 is 0. The van der Waals surface area contributed by atoms with Gasteiger partial charge in [0, 0.05) is 44.9 Å². The molecule has 1 spiro atoms. The number of rotatable bonds is 1. The van der Waals surface area contributed by atoms with Gasteiger partial charge in [-0.25, -0.2) is 0 Å². The van der Waals surface area contributed by atoms with Crippen molar-refractivity contribution in [3.8, 4) is 0 Å². The first-order valence-electron chi connectivity index (χ1n) is 7.44. The first kappa shape index (κ1) is 13.3. The van der Waals surface area contributed by atoms with E-state index in [0.717, 1.165) is 51.9 Å². The van der Waals surface area contributed by atoms with Crippen LogP contribution in [0.2, 0.25) is 0 Å². The van der Waals surface area contributed by atoms with Gasteiger partial charge in [-0.05, 0) is 19.9 Å². The van der Waals surface area contributed by atoms with E-state index < -0.39 is 0 Å². The first-order valence-corrected chi connectivity index (χ1v) is 7.44. The summed E-state index contributed by atoms with van der Waals surface area (Å²) in [5.41, 5.74) is 0. The minimum Gasteiger partial charge on any atom is -0.348 e. The van der Waals surface area contributed by atoms with Crippen LogP contribution in [0.15, 0.2) is 0 Å². The first-order chi connectivity index (χ1) is 9.19. The van der Waals surface area contributed by atoms with Crippen molar-refractivity contribution >= 4 is 5.91 Å². The summed E-state index contributed by atoms with van der Waals surface area (Å²) in [5, 5.41) is 0. The molecule has 2 heterocycles. The standard InChI is InChI=1S/C14H24N2O3/c1-15-6-8-16(9-7-15)13(17)12-2-4-14(5-3-12)18-10-11-19-14/h12H,2-11H2,1H3. The van der Waals surface area contributed by atoms with Crippen molar-refractivity contribution < 1.29 is 14.3 Å². The molecule has 1 saturated carbocycles. The maximum Gasteiger partial charge on any atom is 0.225 e. The molecule has 2 aliphatic heterocycles. The monoisotopic (exact) mass is 268 g/mol. The Labute approximate surface area is 114 Å². The minimum atomic E-state index is -0.348. The second-order valence-corrected chi connectivity index (χ2v) is 6.01. The smallest absolute Gasteiger partial charge is 0.225 e. The van der Waals surface area contributed by atoms with Gasteiger partial charge in [-0.15, -0.1) is 0 Å². The Morgan fingerprint density at radius 2 is 1.63 bits per heavy atom. The molecule has 0 unspecified atom stereocenters. The predicted octanol–water partition coefficient (Wildman–Crippen LogP) is 0.694. The van der Waals surface area contributed by atoms with Crippen LogP contribution in [-0.4, -0.2) is 67.9 Å².